The number of nitrogens with zero attached hydrogens (tertiary/aromatic N) is 4. The van der Waals surface area contributed by atoms with Gasteiger partial charge in [0, 0.05) is 47.7 Å². The van der Waals surface area contributed by atoms with Crippen LogP contribution in [-0.2, 0) is 9.59 Å². The molecule has 0 fully saturated rings. The van der Waals surface area contributed by atoms with Crippen LogP contribution in [0.1, 0.15) is 22.3 Å². The molecule has 2 aliphatic heterocycles. The predicted molar refractivity (Wildman–Crippen MR) is 153 cm³/mol. The molecular formula is C30H22N8O2. The van der Waals surface area contributed by atoms with Gasteiger partial charge in [0.1, 0.15) is 35.0 Å². The van der Waals surface area contributed by atoms with Crippen molar-refractivity contribution >= 4 is 46.3 Å². The van der Waals surface area contributed by atoms with Crippen LogP contribution < -0.4 is 21.3 Å². The number of fused-ring (bicyclic) bond motifs is 2. The molecule has 0 saturated carbocycles. The summed E-state index contributed by atoms with van der Waals surface area (Å²) in [6.45, 7) is 0. The van der Waals surface area contributed by atoms with E-state index in [0.717, 1.165) is 22.5 Å². The summed E-state index contributed by atoms with van der Waals surface area (Å²) in [6.07, 6.45) is 0. The Bertz CT molecular complexity index is 1640. The van der Waals surface area contributed by atoms with Crippen LogP contribution in [0.3, 0.4) is 0 Å². The van der Waals surface area contributed by atoms with Crippen molar-refractivity contribution < 1.29 is 9.59 Å². The third kappa shape index (κ3) is 4.57. The highest BCUT2D eigenvalue weighted by Crippen LogP contribution is 2.33. The molecule has 194 valence electrons. The molecule has 0 atom stereocenters. The number of amides is 2. The van der Waals surface area contributed by atoms with Gasteiger partial charge < -0.3 is 21.3 Å². The standard InChI is InChI=1S/C30H22N8O2/c1-33-29(39)23(15-31)25-19-7-3-5-9-21(19)27(37-25)35-17-11-13-18(14-12-17)36-28-22-10-6-4-8-20(22)26(38-28)24(16-32)30(40)34-2/h3-14H,1-2H3,(H,33,39)(H,34,40)(H,35,37)(H,36,38)/b25-23-,26-24+. The molecule has 3 aromatic carbocycles. The molecule has 0 bridgehead atoms. The van der Waals surface area contributed by atoms with Crippen LogP contribution in [0, 0.1) is 22.7 Å². The molecule has 10 nitrogen and oxygen atoms in total. The third-order valence-corrected chi connectivity index (χ3v) is 6.34. The smallest absolute Gasteiger partial charge is 0.263 e. The molecule has 2 heterocycles. The quantitative estimate of drug-likeness (QED) is 0.302. The zero-order valence-electron chi connectivity index (χ0n) is 21.5. The van der Waals surface area contributed by atoms with Gasteiger partial charge in [-0.3, -0.25) is 9.59 Å². The maximum atomic E-state index is 12.2. The molecule has 40 heavy (non-hydrogen) atoms. The van der Waals surface area contributed by atoms with E-state index in [4.69, 9.17) is 0 Å². The number of rotatable bonds is 4. The Morgan fingerprint density at radius 3 is 1.27 bits per heavy atom. The van der Waals surface area contributed by atoms with Gasteiger partial charge >= 0.3 is 0 Å². The van der Waals surface area contributed by atoms with E-state index in [9.17, 15) is 20.1 Å². The number of hydrogen-bond acceptors (Lipinski definition) is 8. The summed E-state index contributed by atoms with van der Waals surface area (Å²) in [5.41, 5.74) is 4.91. The summed E-state index contributed by atoms with van der Waals surface area (Å²) in [5.74, 6) is 0.0360. The predicted octanol–water partition coefficient (Wildman–Crippen LogP) is 3.39. The topological polar surface area (TPSA) is 155 Å². The second-order valence-corrected chi connectivity index (χ2v) is 8.67. The minimum atomic E-state index is -0.501. The second-order valence-electron chi connectivity index (χ2n) is 8.67. The molecule has 0 spiro atoms. The van der Waals surface area contributed by atoms with Crippen molar-refractivity contribution in [3.63, 3.8) is 0 Å². The monoisotopic (exact) mass is 526 g/mol. The molecule has 0 radical (unpaired) electrons. The lowest BCUT2D eigenvalue weighted by molar-refractivity contribution is -0.117. The zero-order chi connectivity index (χ0) is 28.2. The van der Waals surface area contributed by atoms with Crippen LogP contribution in [0.2, 0.25) is 0 Å². The van der Waals surface area contributed by atoms with Gasteiger partial charge in [-0.2, -0.15) is 10.5 Å². The molecule has 10 heteroatoms. The van der Waals surface area contributed by atoms with Crippen LogP contribution in [0.5, 0.6) is 0 Å². The van der Waals surface area contributed by atoms with Gasteiger partial charge in [0.25, 0.3) is 11.8 Å². The Morgan fingerprint density at radius 1 is 0.600 bits per heavy atom. The van der Waals surface area contributed by atoms with Crippen molar-refractivity contribution in [3.05, 3.63) is 106 Å². The molecule has 0 saturated heterocycles. The van der Waals surface area contributed by atoms with Gasteiger partial charge in [0.2, 0.25) is 0 Å². The van der Waals surface area contributed by atoms with Crippen LogP contribution in [0.25, 0.3) is 11.4 Å². The highest BCUT2D eigenvalue weighted by molar-refractivity contribution is 6.21. The van der Waals surface area contributed by atoms with Gasteiger partial charge in [0.05, 0.1) is 11.4 Å². The first-order chi connectivity index (χ1) is 19.5. The number of carbonyl (C=O) groups is 2. The van der Waals surface area contributed by atoms with Crippen LogP contribution in [0.15, 0.2) is 93.9 Å². The summed E-state index contributed by atoms with van der Waals surface area (Å²) >= 11 is 0. The lowest BCUT2D eigenvalue weighted by atomic mass is 10.0. The molecule has 0 unspecified atom stereocenters. The number of nitrogens with one attached hydrogen (secondary N) is 4. The minimum Gasteiger partial charge on any atom is -0.354 e. The summed E-state index contributed by atoms with van der Waals surface area (Å²) in [7, 11) is 2.94. The van der Waals surface area contributed by atoms with Crippen molar-refractivity contribution in [2.75, 3.05) is 24.7 Å². The van der Waals surface area contributed by atoms with E-state index in [-0.39, 0.29) is 11.1 Å². The van der Waals surface area contributed by atoms with E-state index < -0.39 is 11.8 Å². The fourth-order valence-electron chi connectivity index (χ4n) is 4.41. The van der Waals surface area contributed by atoms with Crippen molar-refractivity contribution in [1.82, 2.24) is 10.6 Å². The number of carbonyl (C=O) groups excluding carboxylic acids is 2. The largest absolute Gasteiger partial charge is 0.354 e. The summed E-state index contributed by atoms with van der Waals surface area (Å²) < 4.78 is 0. The fourth-order valence-corrected chi connectivity index (χ4v) is 4.41. The normalized spacial score (nSPS) is 15.3. The first-order valence-corrected chi connectivity index (χ1v) is 12.2. The third-order valence-electron chi connectivity index (χ3n) is 6.34. The van der Waals surface area contributed by atoms with Gasteiger partial charge in [0.15, 0.2) is 0 Å². The SMILES string of the molecule is CNC(=O)/C(C#N)=C1\N=C(Nc2ccc(NC3=N/C(=C(\C#N)C(=O)NC)c4ccccc43)cc2)c2ccccc21. The maximum Gasteiger partial charge on any atom is 0.263 e. The lowest BCUT2D eigenvalue weighted by Crippen LogP contribution is -2.20. The van der Waals surface area contributed by atoms with Crippen molar-refractivity contribution in [3.8, 4) is 12.1 Å². The van der Waals surface area contributed by atoms with Crippen LogP contribution in [0.4, 0.5) is 11.4 Å². The van der Waals surface area contributed by atoms with E-state index >= 15 is 0 Å². The molecule has 4 N–H and O–H groups in total. The van der Waals surface area contributed by atoms with Crippen LogP contribution in [-0.4, -0.2) is 37.6 Å². The number of amidine groups is 2. The first kappa shape index (κ1) is 25.6. The first-order valence-electron chi connectivity index (χ1n) is 12.2. The number of likely N-dealkylation sites (N-methyl/N-ethyl adjacent to an activating group) is 2. The highest BCUT2D eigenvalue weighted by Gasteiger charge is 2.27. The number of anilines is 2. The number of nitriles is 2. The Hall–Kier alpha value is -6.00. The Kier molecular flexibility index (Phi) is 6.91. The van der Waals surface area contributed by atoms with Crippen LogP contribution >= 0.6 is 0 Å². The van der Waals surface area contributed by atoms with Crippen molar-refractivity contribution in [2.24, 2.45) is 9.98 Å². The van der Waals surface area contributed by atoms with Gasteiger partial charge in [-0.1, -0.05) is 48.5 Å². The second kappa shape index (κ2) is 10.8. The Labute approximate surface area is 230 Å². The van der Waals surface area contributed by atoms with Crippen molar-refractivity contribution in [2.45, 2.75) is 0 Å². The molecule has 0 aliphatic carbocycles. The van der Waals surface area contributed by atoms with E-state index in [1.165, 1.54) is 14.1 Å². The van der Waals surface area contributed by atoms with E-state index in [1.807, 2.05) is 84.9 Å². The van der Waals surface area contributed by atoms with Gasteiger partial charge in [-0.15, -0.1) is 0 Å². The lowest BCUT2D eigenvalue weighted by Gasteiger charge is -2.10. The summed E-state index contributed by atoms with van der Waals surface area (Å²) in [4.78, 5) is 33.7. The summed E-state index contributed by atoms with van der Waals surface area (Å²) in [6, 6.07) is 26.1. The van der Waals surface area contributed by atoms with Gasteiger partial charge in [-0.05, 0) is 24.3 Å². The van der Waals surface area contributed by atoms with E-state index in [1.54, 1.807) is 0 Å². The molecule has 2 aliphatic rings. The molecule has 0 aromatic heterocycles. The van der Waals surface area contributed by atoms with E-state index in [0.29, 0.717) is 34.2 Å². The average Bonchev–Trinajstić information content (AvgIpc) is 3.53. The summed E-state index contributed by atoms with van der Waals surface area (Å²) in [5, 5.41) is 30.7. The molecular weight excluding hydrogens is 504 g/mol. The van der Waals surface area contributed by atoms with Gasteiger partial charge in [-0.25, -0.2) is 9.98 Å². The maximum absolute atomic E-state index is 12.2. The molecule has 2 amide bonds. The highest BCUT2D eigenvalue weighted by atomic mass is 16.2. The number of hydrogen-bond donors (Lipinski definition) is 4. The average molecular weight is 527 g/mol. The van der Waals surface area contributed by atoms with Crippen molar-refractivity contribution in [1.29, 1.82) is 10.5 Å². The number of aliphatic imine (C=N–C) groups is 2. The number of benzene rings is 3. The van der Waals surface area contributed by atoms with E-state index in [2.05, 4.69) is 31.3 Å². The molecule has 5 rings (SSSR count). The zero-order valence-corrected chi connectivity index (χ0v) is 21.5. The molecule has 3 aromatic rings. The Morgan fingerprint density at radius 2 is 0.950 bits per heavy atom. The minimum absolute atomic E-state index is 0.0618. The fraction of sp³-hybridized carbons (Fsp3) is 0.0667. The Balaban J connectivity index is 1.42.